The molecular weight excluding hydrogens is 236 g/mol. The first kappa shape index (κ1) is 11.5. The molecule has 8 heteroatoms. The molecule has 0 N–H and O–H groups in total. The molecule has 0 aliphatic rings. The number of non-ortho nitro benzene ring substituents is 1. The first-order valence-electron chi connectivity index (χ1n) is 4.82. The zero-order valence-electron chi connectivity index (χ0n) is 8.52. The Hall–Kier alpha value is -1.99. The molecule has 1 aromatic carbocycles. The zero-order chi connectivity index (χ0) is 12.6. The number of nitro benzene ring substituents is 1. The summed E-state index contributed by atoms with van der Waals surface area (Å²) in [4.78, 5) is 10.1. The topological polar surface area (TPSA) is 48.1 Å². The number of hydrogen-bond acceptors (Lipinski definition) is 2. The summed E-state index contributed by atoms with van der Waals surface area (Å²) in [5.74, 6) is 0. The van der Waals surface area contributed by atoms with Crippen LogP contribution in [0.15, 0.2) is 30.5 Å². The molecule has 0 spiro atoms. The molecular formula is C9H7BF3N2O2-. The predicted molar refractivity (Wildman–Crippen MR) is 57.7 cm³/mol. The van der Waals surface area contributed by atoms with Gasteiger partial charge in [-0.05, 0) is 18.6 Å². The molecule has 0 aliphatic heterocycles. The smallest absolute Gasteiger partial charge is 0.448 e. The van der Waals surface area contributed by atoms with Crippen LogP contribution in [0.25, 0.3) is 10.9 Å². The second-order valence-electron chi connectivity index (χ2n) is 3.65. The fourth-order valence-corrected chi connectivity index (χ4v) is 1.75. The Kier molecular flexibility index (Phi) is 2.57. The molecule has 2 aromatic rings. The van der Waals surface area contributed by atoms with Crippen molar-refractivity contribution >= 4 is 23.6 Å². The number of hydrogen-bond donors (Lipinski definition) is 0. The molecule has 0 aliphatic carbocycles. The highest BCUT2D eigenvalue weighted by Gasteiger charge is 2.25. The van der Waals surface area contributed by atoms with Gasteiger partial charge in [0.2, 0.25) is 0 Å². The molecule has 0 atom stereocenters. The largest absolute Gasteiger partial charge is 0.497 e. The van der Waals surface area contributed by atoms with Crippen molar-refractivity contribution in [2.45, 2.75) is 6.44 Å². The van der Waals surface area contributed by atoms with E-state index in [-0.39, 0.29) is 16.6 Å². The van der Waals surface area contributed by atoms with Crippen LogP contribution in [0, 0.1) is 10.1 Å². The number of nitro groups is 1. The van der Waals surface area contributed by atoms with E-state index in [0.29, 0.717) is 0 Å². The van der Waals surface area contributed by atoms with Crippen LogP contribution < -0.4 is 0 Å². The zero-order valence-corrected chi connectivity index (χ0v) is 8.52. The van der Waals surface area contributed by atoms with Crippen LogP contribution in [0.3, 0.4) is 0 Å². The average molecular weight is 243 g/mol. The predicted octanol–water partition coefficient (Wildman–Crippen LogP) is 2.94. The molecule has 4 nitrogen and oxygen atoms in total. The summed E-state index contributed by atoms with van der Waals surface area (Å²) >= 11 is 0. The van der Waals surface area contributed by atoms with E-state index in [1.54, 1.807) is 0 Å². The molecule has 1 aromatic heterocycles. The molecule has 2 rings (SSSR count). The third-order valence-electron chi connectivity index (χ3n) is 2.39. The lowest BCUT2D eigenvalue weighted by molar-refractivity contribution is -0.383. The number of aromatic nitrogens is 1. The van der Waals surface area contributed by atoms with Crippen molar-refractivity contribution < 1.29 is 17.9 Å². The number of benzene rings is 1. The highest BCUT2D eigenvalue weighted by Crippen LogP contribution is 2.27. The monoisotopic (exact) mass is 243 g/mol. The van der Waals surface area contributed by atoms with Gasteiger partial charge in [-0.2, -0.15) is 0 Å². The van der Waals surface area contributed by atoms with Gasteiger partial charge in [0, 0.05) is 12.3 Å². The summed E-state index contributed by atoms with van der Waals surface area (Å²) in [6, 6.07) is 5.41. The van der Waals surface area contributed by atoms with Gasteiger partial charge < -0.3 is 17.5 Å². The standard InChI is InChI=1S/C9H7BF3N2O2/c11-10(12,13)6-14-5-4-7-8(14)2-1-3-9(7)15(16)17/h1-5H,6H2/q-1. The normalized spacial score (nSPS) is 11.9. The van der Waals surface area contributed by atoms with Gasteiger partial charge in [0.15, 0.2) is 0 Å². The maximum atomic E-state index is 12.3. The van der Waals surface area contributed by atoms with Gasteiger partial charge in [-0.3, -0.25) is 10.1 Å². The lowest BCUT2D eigenvalue weighted by Gasteiger charge is -2.15. The molecule has 0 unspecified atom stereocenters. The van der Waals surface area contributed by atoms with E-state index < -0.39 is 18.3 Å². The Morgan fingerprint density at radius 3 is 2.59 bits per heavy atom. The molecule has 90 valence electrons. The Morgan fingerprint density at radius 2 is 2.00 bits per heavy atom. The van der Waals surface area contributed by atoms with E-state index in [1.165, 1.54) is 30.5 Å². The highest BCUT2D eigenvalue weighted by molar-refractivity contribution is 6.57. The van der Waals surface area contributed by atoms with Gasteiger partial charge in [0.25, 0.3) is 5.69 Å². The van der Waals surface area contributed by atoms with Crippen LogP contribution in [0.1, 0.15) is 0 Å². The molecule has 1 heterocycles. The van der Waals surface area contributed by atoms with Crippen molar-refractivity contribution in [1.29, 1.82) is 0 Å². The lowest BCUT2D eigenvalue weighted by atomic mass is 9.92. The lowest BCUT2D eigenvalue weighted by Crippen LogP contribution is -2.23. The fourth-order valence-electron chi connectivity index (χ4n) is 1.75. The van der Waals surface area contributed by atoms with Crippen LogP contribution in [0.4, 0.5) is 18.6 Å². The molecule has 0 radical (unpaired) electrons. The molecule has 0 amide bonds. The second kappa shape index (κ2) is 3.79. The van der Waals surface area contributed by atoms with E-state index in [4.69, 9.17) is 0 Å². The Labute approximate surface area is 93.9 Å². The molecule has 0 bridgehead atoms. The van der Waals surface area contributed by atoms with Crippen molar-refractivity contribution in [1.82, 2.24) is 4.57 Å². The maximum absolute atomic E-state index is 12.3. The summed E-state index contributed by atoms with van der Waals surface area (Å²) in [6.45, 7) is -4.97. The minimum atomic E-state index is -4.97. The summed E-state index contributed by atoms with van der Waals surface area (Å²) in [5, 5.41) is 10.9. The Balaban J connectivity index is 2.55. The SMILES string of the molecule is O=[N+]([O-])c1cccc2c1ccn2C[B-](F)(F)F. The first-order chi connectivity index (χ1) is 7.88. The number of halogens is 3. The second-order valence-corrected chi connectivity index (χ2v) is 3.65. The Bertz CT molecular complexity index is 579. The van der Waals surface area contributed by atoms with E-state index in [0.717, 1.165) is 4.57 Å². The van der Waals surface area contributed by atoms with Gasteiger partial charge in [-0.15, -0.1) is 0 Å². The first-order valence-corrected chi connectivity index (χ1v) is 4.82. The molecule has 17 heavy (non-hydrogen) atoms. The van der Waals surface area contributed by atoms with Crippen molar-refractivity contribution in [2.75, 3.05) is 0 Å². The van der Waals surface area contributed by atoms with Gasteiger partial charge >= 0.3 is 6.98 Å². The third-order valence-corrected chi connectivity index (χ3v) is 2.39. The summed E-state index contributed by atoms with van der Waals surface area (Å²) < 4.78 is 37.9. The summed E-state index contributed by atoms with van der Waals surface area (Å²) in [5.41, 5.74) is 0.0364. The highest BCUT2D eigenvalue weighted by atomic mass is 19.4. The average Bonchev–Trinajstić information content (AvgIpc) is 2.59. The maximum Gasteiger partial charge on any atom is 0.497 e. The molecule has 0 saturated heterocycles. The molecule has 0 fully saturated rings. The van der Waals surface area contributed by atoms with E-state index in [9.17, 15) is 23.1 Å². The van der Waals surface area contributed by atoms with Crippen molar-refractivity contribution in [3.63, 3.8) is 0 Å². The number of rotatable bonds is 3. The summed E-state index contributed by atoms with van der Waals surface area (Å²) in [7, 11) is 0. The van der Waals surface area contributed by atoms with Crippen LogP contribution in [-0.4, -0.2) is 16.5 Å². The van der Waals surface area contributed by atoms with Crippen molar-refractivity contribution in [2.24, 2.45) is 0 Å². The third kappa shape index (κ3) is 2.25. The number of nitrogens with zero attached hydrogens (tertiary/aromatic N) is 2. The van der Waals surface area contributed by atoms with Crippen LogP contribution in [0.2, 0.25) is 0 Å². The van der Waals surface area contributed by atoms with Gasteiger partial charge in [-0.1, -0.05) is 6.07 Å². The van der Waals surface area contributed by atoms with Crippen LogP contribution in [-0.2, 0) is 6.44 Å². The minimum Gasteiger partial charge on any atom is -0.448 e. The van der Waals surface area contributed by atoms with E-state index in [1.807, 2.05) is 0 Å². The van der Waals surface area contributed by atoms with E-state index in [2.05, 4.69) is 0 Å². The number of fused-ring (bicyclic) bond motifs is 1. The fraction of sp³-hybridized carbons (Fsp3) is 0.111. The van der Waals surface area contributed by atoms with Gasteiger partial charge in [0.05, 0.1) is 15.8 Å². The molecule has 0 saturated carbocycles. The quantitative estimate of drug-likeness (QED) is 0.472. The van der Waals surface area contributed by atoms with Crippen molar-refractivity contribution in [3.05, 3.63) is 40.6 Å². The summed E-state index contributed by atoms with van der Waals surface area (Å²) in [6.07, 6.45) is 0.123. The van der Waals surface area contributed by atoms with Crippen molar-refractivity contribution in [3.8, 4) is 0 Å². The van der Waals surface area contributed by atoms with Gasteiger partial charge in [0.1, 0.15) is 0 Å². The minimum absolute atomic E-state index is 0.184. The Morgan fingerprint density at radius 1 is 1.29 bits per heavy atom. The van der Waals surface area contributed by atoms with E-state index >= 15 is 0 Å². The van der Waals surface area contributed by atoms with Crippen LogP contribution in [0.5, 0.6) is 0 Å². The van der Waals surface area contributed by atoms with Gasteiger partial charge in [-0.25, -0.2) is 0 Å². The van der Waals surface area contributed by atoms with Crippen LogP contribution >= 0.6 is 0 Å².